The molecule has 6 heteroatoms. The first-order valence-electron chi connectivity index (χ1n) is 5.52. The van der Waals surface area contributed by atoms with E-state index in [-0.39, 0.29) is 5.71 Å². The second-order valence-corrected chi connectivity index (χ2v) is 4.08. The Kier molecular flexibility index (Phi) is 2.29. The van der Waals surface area contributed by atoms with Crippen molar-refractivity contribution in [2.45, 2.75) is 6.54 Å². The summed E-state index contributed by atoms with van der Waals surface area (Å²) in [6.07, 6.45) is -0.401. The number of carboxylic acids is 1. The van der Waals surface area contributed by atoms with Gasteiger partial charge in [-0.25, -0.2) is 9.59 Å². The van der Waals surface area contributed by atoms with Crippen molar-refractivity contribution in [3.8, 4) is 0 Å². The third-order valence-corrected chi connectivity index (χ3v) is 3.03. The molecule has 0 radical (unpaired) electrons. The first-order chi connectivity index (χ1) is 8.66. The number of fused-ring (bicyclic) bond motifs is 1. The molecule has 0 aromatic heterocycles. The van der Waals surface area contributed by atoms with Gasteiger partial charge in [-0.2, -0.15) is 0 Å². The van der Waals surface area contributed by atoms with Crippen molar-refractivity contribution in [2.24, 2.45) is 4.99 Å². The molecule has 1 N–H and O–H groups in total. The van der Waals surface area contributed by atoms with Gasteiger partial charge >= 0.3 is 12.1 Å². The first kappa shape index (κ1) is 10.8. The third-order valence-electron chi connectivity index (χ3n) is 3.03. The van der Waals surface area contributed by atoms with Gasteiger partial charge in [0.1, 0.15) is 6.61 Å². The van der Waals surface area contributed by atoms with Crippen molar-refractivity contribution in [3.63, 3.8) is 0 Å². The van der Waals surface area contributed by atoms with Gasteiger partial charge < -0.3 is 9.84 Å². The van der Waals surface area contributed by atoms with Gasteiger partial charge in [0.05, 0.1) is 13.1 Å². The number of carbonyl (C=O) groups is 2. The van der Waals surface area contributed by atoms with Gasteiger partial charge in [0.25, 0.3) is 0 Å². The molecule has 1 fully saturated rings. The molecule has 18 heavy (non-hydrogen) atoms. The lowest BCUT2D eigenvalue weighted by molar-refractivity contribution is -0.129. The molecule has 0 aliphatic carbocycles. The number of anilines is 1. The summed E-state index contributed by atoms with van der Waals surface area (Å²) in [5, 5.41) is 9.03. The van der Waals surface area contributed by atoms with Gasteiger partial charge in [-0.1, -0.05) is 6.07 Å². The molecule has 0 spiro atoms. The zero-order valence-corrected chi connectivity index (χ0v) is 9.42. The molecule has 2 aliphatic rings. The van der Waals surface area contributed by atoms with Crippen molar-refractivity contribution in [3.05, 3.63) is 29.3 Å². The second kappa shape index (κ2) is 3.83. The van der Waals surface area contributed by atoms with Crippen LogP contribution in [0.15, 0.2) is 23.2 Å². The fraction of sp³-hybridized carbons (Fsp3) is 0.250. The molecule has 92 valence electrons. The minimum atomic E-state index is -1.05. The Bertz CT molecular complexity index is 579. The van der Waals surface area contributed by atoms with Crippen LogP contribution < -0.4 is 4.90 Å². The van der Waals surface area contributed by atoms with E-state index in [0.717, 1.165) is 5.56 Å². The van der Waals surface area contributed by atoms with Crippen LogP contribution in [0.3, 0.4) is 0 Å². The third kappa shape index (κ3) is 1.54. The quantitative estimate of drug-likeness (QED) is 0.845. The fourth-order valence-corrected chi connectivity index (χ4v) is 2.15. The van der Waals surface area contributed by atoms with Crippen molar-refractivity contribution >= 4 is 23.5 Å². The molecule has 1 aromatic rings. The van der Waals surface area contributed by atoms with Crippen LogP contribution in [0.4, 0.5) is 10.5 Å². The summed E-state index contributed by atoms with van der Waals surface area (Å²) in [5.41, 5.74) is 2.15. The molecule has 0 saturated carbocycles. The Morgan fingerprint density at radius 2 is 2.28 bits per heavy atom. The summed E-state index contributed by atoms with van der Waals surface area (Å²) in [6.45, 7) is 1.22. The highest BCUT2D eigenvalue weighted by Gasteiger charge is 2.27. The molecule has 1 aromatic carbocycles. The minimum absolute atomic E-state index is 0.0550. The molecule has 2 aliphatic heterocycles. The molecule has 3 rings (SSSR count). The number of aliphatic imine (C=N–C) groups is 1. The van der Waals surface area contributed by atoms with Crippen LogP contribution in [0.5, 0.6) is 0 Å². The topological polar surface area (TPSA) is 79.2 Å². The second-order valence-electron chi connectivity index (χ2n) is 4.08. The number of hydrogen-bond donors (Lipinski definition) is 1. The summed E-state index contributed by atoms with van der Waals surface area (Å²) >= 11 is 0. The number of nitrogens with zero attached hydrogens (tertiary/aromatic N) is 2. The predicted molar refractivity (Wildman–Crippen MR) is 63.0 cm³/mol. The number of hydrogen-bond acceptors (Lipinski definition) is 4. The maximum absolute atomic E-state index is 11.4. The van der Waals surface area contributed by atoms with Crippen LogP contribution in [0.1, 0.15) is 11.1 Å². The highest BCUT2D eigenvalue weighted by atomic mass is 16.6. The SMILES string of the molecule is O=C(O)C1=NCc2ccc(N3CCOC3=O)cc21. The number of cyclic esters (lactones) is 1. The first-order valence-corrected chi connectivity index (χ1v) is 5.52. The Morgan fingerprint density at radius 1 is 1.44 bits per heavy atom. The Labute approximate surface area is 102 Å². The standard InChI is InChI=1S/C12H10N2O4/c15-11(16)10-9-5-8(2-1-7(9)6-13-10)14-3-4-18-12(14)17/h1-2,5H,3-4,6H2,(H,15,16). The molecule has 1 amide bonds. The van der Waals surface area contributed by atoms with Crippen molar-refractivity contribution < 1.29 is 19.4 Å². The van der Waals surface area contributed by atoms with Crippen LogP contribution in [0.2, 0.25) is 0 Å². The number of carbonyl (C=O) groups excluding carboxylic acids is 1. The lowest BCUT2D eigenvalue weighted by Crippen LogP contribution is -2.24. The molecule has 6 nitrogen and oxygen atoms in total. The molecule has 0 atom stereocenters. The van der Waals surface area contributed by atoms with Gasteiger partial charge in [-0.05, 0) is 17.7 Å². The number of ether oxygens (including phenoxy) is 1. The fourth-order valence-electron chi connectivity index (χ4n) is 2.15. The Hall–Kier alpha value is -2.37. The monoisotopic (exact) mass is 246 g/mol. The number of benzene rings is 1. The van der Waals surface area contributed by atoms with E-state index in [9.17, 15) is 9.59 Å². The van der Waals surface area contributed by atoms with E-state index in [1.807, 2.05) is 0 Å². The van der Waals surface area contributed by atoms with Gasteiger partial charge in [-0.3, -0.25) is 9.89 Å². The zero-order chi connectivity index (χ0) is 12.7. The predicted octanol–water partition coefficient (Wildman–Crippen LogP) is 1.03. The van der Waals surface area contributed by atoms with Gasteiger partial charge in [0, 0.05) is 11.3 Å². The maximum atomic E-state index is 11.4. The summed E-state index contributed by atoms with van der Waals surface area (Å²) in [6, 6.07) is 5.27. The van der Waals surface area contributed by atoms with Gasteiger partial charge in [0.15, 0.2) is 5.71 Å². The zero-order valence-electron chi connectivity index (χ0n) is 9.42. The Balaban J connectivity index is 2.01. The summed E-state index contributed by atoms with van der Waals surface area (Å²) in [7, 11) is 0. The van der Waals surface area contributed by atoms with E-state index >= 15 is 0 Å². The maximum Gasteiger partial charge on any atom is 0.414 e. The number of amides is 1. The highest BCUT2D eigenvalue weighted by molar-refractivity contribution is 6.43. The summed E-state index contributed by atoms with van der Waals surface area (Å²) in [5.74, 6) is -1.05. The van der Waals surface area contributed by atoms with E-state index in [1.54, 1.807) is 18.2 Å². The molecular weight excluding hydrogens is 236 g/mol. The van der Waals surface area contributed by atoms with E-state index in [4.69, 9.17) is 9.84 Å². The van der Waals surface area contributed by atoms with Gasteiger partial charge in [0.2, 0.25) is 0 Å². The van der Waals surface area contributed by atoms with E-state index in [0.29, 0.717) is 30.9 Å². The van der Waals surface area contributed by atoms with Crippen LogP contribution in [-0.2, 0) is 16.1 Å². The normalized spacial score (nSPS) is 17.4. The van der Waals surface area contributed by atoms with Crippen molar-refractivity contribution in [1.29, 1.82) is 0 Å². The van der Waals surface area contributed by atoms with Crippen LogP contribution in [0, 0.1) is 0 Å². The van der Waals surface area contributed by atoms with Crippen LogP contribution >= 0.6 is 0 Å². The molecule has 1 saturated heterocycles. The molecule has 2 heterocycles. The average Bonchev–Trinajstić information content (AvgIpc) is 2.93. The largest absolute Gasteiger partial charge is 0.477 e. The lowest BCUT2D eigenvalue weighted by Gasteiger charge is -2.13. The average molecular weight is 246 g/mol. The Morgan fingerprint density at radius 3 is 2.94 bits per heavy atom. The summed E-state index contributed by atoms with van der Waals surface area (Å²) in [4.78, 5) is 27.9. The van der Waals surface area contributed by atoms with Crippen molar-refractivity contribution in [1.82, 2.24) is 0 Å². The van der Waals surface area contributed by atoms with E-state index < -0.39 is 12.1 Å². The summed E-state index contributed by atoms with van der Waals surface area (Å²) < 4.78 is 4.85. The van der Waals surface area contributed by atoms with E-state index in [1.165, 1.54) is 4.90 Å². The molecule has 0 unspecified atom stereocenters. The number of aliphatic carboxylic acids is 1. The highest BCUT2D eigenvalue weighted by Crippen LogP contribution is 2.26. The van der Waals surface area contributed by atoms with Crippen molar-refractivity contribution in [2.75, 3.05) is 18.1 Å². The van der Waals surface area contributed by atoms with Gasteiger partial charge in [-0.15, -0.1) is 0 Å². The number of carboxylic acid groups (broad SMARTS) is 1. The molecular formula is C12H10N2O4. The number of rotatable bonds is 2. The lowest BCUT2D eigenvalue weighted by atomic mass is 10.0. The molecule has 0 bridgehead atoms. The van der Waals surface area contributed by atoms with Crippen LogP contribution in [0.25, 0.3) is 0 Å². The van der Waals surface area contributed by atoms with E-state index in [2.05, 4.69) is 4.99 Å². The minimum Gasteiger partial charge on any atom is -0.477 e. The van der Waals surface area contributed by atoms with Crippen LogP contribution in [-0.4, -0.2) is 36.0 Å². The smallest absolute Gasteiger partial charge is 0.414 e.